The van der Waals surface area contributed by atoms with E-state index in [9.17, 15) is 0 Å². The largest absolute Gasteiger partial charge is 0.311 e. The van der Waals surface area contributed by atoms with Crippen molar-refractivity contribution in [3.63, 3.8) is 0 Å². The lowest BCUT2D eigenvalue weighted by molar-refractivity contribution is 0.1000. The van der Waals surface area contributed by atoms with Crippen LogP contribution in [0.25, 0.3) is 0 Å². The molecule has 1 unspecified atom stereocenters. The summed E-state index contributed by atoms with van der Waals surface area (Å²) in [5.74, 6) is 0. The van der Waals surface area contributed by atoms with Gasteiger partial charge in [0.1, 0.15) is 0 Å². The number of nitrogens with one attached hydrogen (secondary N) is 1. The highest BCUT2D eigenvalue weighted by Gasteiger charge is 2.19. The molecule has 0 saturated carbocycles. The first-order chi connectivity index (χ1) is 7.92. The zero-order valence-electron chi connectivity index (χ0n) is 12.4. The Labute approximate surface area is 108 Å². The molecule has 1 rings (SSSR count). The quantitative estimate of drug-likeness (QED) is 0.792. The first-order valence-corrected chi connectivity index (χ1v) is 7.14. The van der Waals surface area contributed by atoms with Crippen LogP contribution in [-0.2, 0) is 0 Å². The third-order valence-corrected chi connectivity index (χ3v) is 3.70. The third-order valence-electron chi connectivity index (χ3n) is 3.70. The summed E-state index contributed by atoms with van der Waals surface area (Å²) in [6, 6.07) is 0.754. The Morgan fingerprint density at radius 1 is 1.12 bits per heavy atom. The number of hydrogen-bond acceptors (Lipinski definition) is 3. The van der Waals surface area contributed by atoms with Gasteiger partial charge >= 0.3 is 0 Å². The van der Waals surface area contributed by atoms with Gasteiger partial charge in [0.25, 0.3) is 0 Å². The summed E-state index contributed by atoms with van der Waals surface area (Å²) in [6.45, 7) is 18.6. The second kappa shape index (κ2) is 6.72. The van der Waals surface area contributed by atoms with Gasteiger partial charge in [-0.15, -0.1) is 0 Å². The highest BCUT2D eigenvalue weighted by atomic mass is 15.3. The van der Waals surface area contributed by atoms with Crippen LogP contribution in [0, 0.1) is 0 Å². The molecule has 0 spiro atoms. The number of nitrogens with zero attached hydrogens (tertiary/aromatic N) is 2. The van der Waals surface area contributed by atoms with Crippen LogP contribution in [0.1, 0.15) is 41.0 Å². The van der Waals surface area contributed by atoms with E-state index in [4.69, 9.17) is 0 Å². The molecule has 17 heavy (non-hydrogen) atoms. The van der Waals surface area contributed by atoms with E-state index in [0.717, 1.165) is 12.6 Å². The van der Waals surface area contributed by atoms with Crippen LogP contribution in [0.4, 0.5) is 0 Å². The second-order valence-electron chi connectivity index (χ2n) is 6.31. The van der Waals surface area contributed by atoms with Gasteiger partial charge in [0, 0.05) is 50.8 Å². The fourth-order valence-corrected chi connectivity index (χ4v) is 2.27. The van der Waals surface area contributed by atoms with Crippen LogP contribution in [0.3, 0.4) is 0 Å². The van der Waals surface area contributed by atoms with E-state index in [-0.39, 0.29) is 5.54 Å². The van der Waals surface area contributed by atoms with Gasteiger partial charge in [-0.3, -0.25) is 9.80 Å². The Kier molecular flexibility index (Phi) is 5.90. The summed E-state index contributed by atoms with van der Waals surface area (Å²) >= 11 is 0. The molecule has 0 aliphatic carbocycles. The van der Waals surface area contributed by atoms with E-state index in [1.54, 1.807) is 0 Å². The van der Waals surface area contributed by atoms with Crippen LogP contribution >= 0.6 is 0 Å². The van der Waals surface area contributed by atoms with Crippen LogP contribution in [0.5, 0.6) is 0 Å². The molecule has 3 heteroatoms. The van der Waals surface area contributed by atoms with Crippen molar-refractivity contribution in [1.82, 2.24) is 15.1 Å². The van der Waals surface area contributed by atoms with Gasteiger partial charge in [0.05, 0.1) is 0 Å². The molecule has 0 aromatic heterocycles. The van der Waals surface area contributed by atoms with E-state index < -0.39 is 0 Å². The molecule has 1 aliphatic heterocycles. The van der Waals surface area contributed by atoms with E-state index in [0.29, 0.717) is 0 Å². The standard InChI is InChI=1S/C14H31N3/c1-6-13(2)17-11-9-16(10-12-17)8-7-15-14(3,4)5/h13,15H,6-12H2,1-5H3. The molecule has 1 atom stereocenters. The second-order valence-corrected chi connectivity index (χ2v) is 6.31. The molecule has 1 aliphatic rings. The van der Waals surface area contributed by atoms with Crippen molar-refractivity contribution in [2.24, 2.45) is 0 Å². The van der Waals surface area contributed by atoms with Crippen molar-refractivity contribution in [3.05, 3.63) is 0 Å². The maximum absolute atomic E-state index is 3.56. The maximum atomic E-state index is 3.56. The van der Waals surface area contributed by atoms with Gasteiger partial charge in [-0.05, 0) is 34.1 Å². The van der Waals surface area contributed by atoms with Crippen molar-refractivity contribution in [2.75, 3.05) is 39.3 Å². The van der Waals surface area contributed by atoms with E-state index >= 15 is 0 Å². The Hall–Kier alpha value is -0.120. The molecule has 0 aromatic carbocycles. The van der Waals surface area contributed by atoms with Gasteiger partial charge in [-0.2, -0.15) is 0 Å². The van der Waals surface area contributed by atoms with E-state index in [1.165, 1.54) is 39.1 Å². The molecule has 102 valence electrons. The molecule has 0 aromatic rings. The summed E-state index contributed by atoms with van der Waals surface area (Å²) in [7, 11) is 0. The van der Waals surface area contributed by atoms with Crippen molar-refractivity contribution in [1.29, 1.82) is 0 Å². The Morgan fingerprint density at radius 3 is 2.18 bits per heavy atom. The topological polar surface area (TPSA) is 18.5 Å². The minimum Gasteiger partial charge on any atom is -0.311 e. The fourth-order valence-electron chi connectivity index (χ4n) is 2.27. The third kappa shape index (κ3) is 5.84. The Morgan fingerprint density at radius 2 is 1.71 bits per heavy atom. The van der Waals surface area contributed by atoms with Crippen LogP contribution in [-0.4, -0.2) is 60.6 Å². The Balaban J connectivity index is 2.15. The van der Waals surface area contributed by atoms with Crippen LogP contribution in [0.2, 0.25) is 0 Å². The molecular weight excluding hydrogens is 210 g/mol. The van der Waals surface area contributed by atoms with Gasteiger partial charge in [-0.25, -0.2) is 0 Å². The summed E-state index contributed by atoms with van der Waals surface area (Å²) in [5, 5.41) is 3.56. The van der Waals surface area contributed by atoms with Crippen molar-refractivity contribution >= 4 is 0 Å². The molecule has 1 heterocycles. The first kappa shape index (κ1) is 14.9. The highest BCUT2D eigenvalue weighted by molar-refractivity contribution is 4.77. The zero-order chi connectivity index (χ0) is 12.9. The summed E-state index contributed by atoms with van der Waals surface area (Å²) < 4.78 is 0. The smallest absolute Gasteiger partial charge is 0.0113 e. The van der Waals surface area contributed by atoms with Gasteiger partial charge in [0.2, 0.25) is 0 Å². The fraction of sp³-hybridized carbons (Fsp3) is 1.00. The van der Waals surface area contributed by atoms with Gasteiger partial charge < -0.3 is 5.32 Å². The molecule has 3 nitrogen and oxygen atoms in total. The lowest BCUT2D eigenvalue weighted by Crippen LogP contribution is -2.51. The molecule has 0 bridgehead atoms. The monoisotopic (exact) mass is 241 g/mol. The van der Waals surface area contributed by atoms with E-state index in [2.05, 4.69) is 49.7 Å². The lowest BCUT2D eigenvalue weighted by atomic mass is 10.1. The van der Waals surface area contributed by atoms with Crippen molar-refractivity contribution < 1.29 is 0 Å². The SMILES string of the molecule is CCC(C)N1CCN(CCNC(C)(C)C)CC1. The first-order valence-electron chi connectivity index (χ1n) is 7.14. The molecular formula is C14H31N3. The van der Waals surface area contributed by atoms with Crippen LogP contribution < -0.4 is 5.32 Å². The number of hydrogen-bond donors (Lipinski definition) is 1. The minimum atomic E-state index is 0.249. The normalized spacial score (nSPS) is 21.7. The minimum absolute atomic E-state index is 0.249. The predicted molar refractivity (Wildman–Crippen MR) is 75.5 cm³/mol. The molecule has 0 radical (unpaired) electrons. The van der Waals surface area contributed by atoms with E-state index in [1.807, 2.05) is 0 Å². The summed E-state index contributed by atoms with van der Waals surface area (Å²) in [5.41, 5.74) is 0.249. The number of rotatable bonds is 5. The van der Waals surface area contributed by atoms with Gasteiger partial charge in [0.15, 0.2) is 0 Å². The average molecular weight is 241 g/mol. The molecule has 1 fully saturated rings. The summed E-state index contributed by atoms with van der Waals surface area (Å²) in [6.07, 6.45) is 1.27. The van der Waals surface area contributed by atoms with Crippen LogP contribution in [0.15, 0.2) is 0 Å². The zero-order valence-corrected chi connectivity index (χ0v) is 12.4. The highest BCUT2D eigenvalue weighted by Crippen LogP contribution is 2.08. The maximum Gasteiger partial charge on any atom is 0.0113 e. The Bertz CT molecular complexity index is 202. The average Bonchev–Trinajstić information content (AvgIpc) is 2.27. The number of piperazine rings is 1. The van der Waals surface area contributed by atoms with Crippen molar-refractivity contribution in [2.45, 2.75) is 52.6 Å². The molecule has 0 amide bonds. The summed E-state index contributed by atoms with van der Waals surface area (Å²) in [4.78, 5) is 5.20. The lowest BCUT2D eigenvalue weighted by Gasteiger charge is -2.38. The van der Waals surface area contributed by atoms with Gasteiger partial charge in [-0.1, -0.05) is 6.92 Å². The molecule has 1 N–H and O–H groups in total. The predicted octanol–water partition coefficient (Wildman–Crippen LogP) is 1.79. The molecule has 1 saturated heterocycles. The van der Waals surface area contributed by atoms with Crippen molar-refractivity contribution in [3.8, 4) is 0 Å².